The van der Waals surface area contributed by atoms with Gasteiger partial charge in [0.2, 0.25) is 5.91 Å². The number of hydrazine groups is 1. The Morgan fingerprint density at radius 1 is 1.79 bits per heavy atom. The maximum Gasteiger partial charge on any atom is 0.250 e. The number of nitrogens with two attached hydrogens (primary N) is 1. The van der Waals surface area contributed by atoms with Crippen LogP contribution in [0, 0.1) is 0 Å². The Morgan fingerprint density at radius 3 is 3.00 bits per heavy atom. The summed E-state index contributed by atoms with van der Waals surface area (Å²) in [7, 11) is 0. The van der Waals surface area contributed by atoms with Crippen LogP contribution in [-0.4, -0.2) is 41.9 Å². The number of nitrogens with zero attached hydrogens (tertiary/aromatic N) is 1. The molecule has 1 aliphatic heterocycles. The molecule has 2 atom stereocenters. The van der Waals surface area contributed by atoms with E-state index in [4.69, 9.17) is 5.84 Å². The van der Waals surface area contributed by atoms with Crippen LogP contribution in [0.15, 0.2) is 0 Å². The molecule has 2 amide bonds. The largest absolute Gasteiger partial charge is 0.353 e. The van der Waals surface area contributed by atoms with Gasteiger partial charge in [-0.1, -0.05) is 0 Å². The van der Waals surface area contributed by atoms with Gasteiger partial charge in [0.25, 0.3) is 5.91 Å². The van der Waals surface area contributed by atoms with E-state index in [1.807, 2.05) is 4.90 Å². The molecule has 6 heteroatoms. The van der Waals surface area contributed by atoms with Gasteiger partial charge in [0.15, 0.2) is 0 Å². The van der Waals surface area contributed by atoms with Crippen LogP contribution in [0.5, 0.6) is 0 Å². The van der Waals surface area contributed by atoms with Gasteiger partial charge >= 0.3 is 0 Å². The van der Waals surface area contributed by atoms with Crippen molar-refractivity contribution in [2.45, 2.75) is 25.9 Å². The maximum atomic E-state index is 11.3. The zero-order chi connectivity index (χ0) is 10.7. The highest BCUT2D eigenvalue weighted by Crippen LogP contribution is 2.08. The predicted octanol–water partition coefficient (Wildman–Crippen LogP) is -1.81. The van der Waals surface area contributed by atoms with Gasteiger partial charge < -0.3 is 5.32 Å². The Kier molecular flexibility index (Phi) is 3.43. The average molecular weight is 200 g/mol. The normalized spacial score (nSPS) is 25.4. The second-order valence-corrected chi connectivity index (χ2v) is 3.39. The van der Waals surface area contributed by atoms with E-state index in [-0.39, 0.29) is 23.9 Å². The van der Waals surface area contributed by atoms with Gasteiger partial charge in [-0.2, -0.15) is 0 Å². The molecule has 6 nitrogen and oxygen atoms in total. The summed E-state index contributed by atoms with van der Waals surface area (Å²) in [5.74, 6) is 4.71. The quantitative estimate of drug-likeness (QED) is 0.278. The fourth-order valence-electron chi connectivity index (χ4n) is 1.60. The lowest BCUT2D eigenvalue weighted by Crippen LogP contribution is -2.60. The van der Waals surface area contributed by atoms with Crippen LogP contribution in [0.25, 0.3) is 0 Å². The third-order valence-corrected chi connectivity index (χ3v) is 2.57. The van der Waals surface area contributed by atoms with Gasteiger partial charge in [-0.05, 0) is 13.8 Å². The third-order valence-electron chi connectivity index (χ3n) is 2.57. The molecule has 80 valence electrons. The summed E-state index contributed by atoms with van der Waals surface area (Å²) in [6.07, 6.45) is 0. The standard InChI is InChI=1S/C8H16N4O2/c1-5-7(13)10-3-4-12(5)6(2)8(14)11-9/h5-6H,3-4,9H2,1-2H3,(H,10,13)(H,11,14). The Morgan fingerprint density at radius 2 is 2.43 bits per heavy atom. The minimum absolute atomic E-state index is 0.0482. The molecule has 1 saturated heterocycles. The smallest absolute Gasteiger partial charge is 0.250 e. The van der Waals surface area contributed by atoms with Crippen molar-refractivity contribution in [3.63, 3.8) is 0 Å². The van der Waals surface area contributed by atoms with E-state index in [9.17, 15) is 9.59 Å². The lowest BCUT2D eigenvalue weighted by Gasteiger charge is -2.36. The second-order valence-electron chi connectivity index (χ2n) is 3.39. The number of hydrogen-bond donors (Lipinski definition) is 3. The average Bonchev–Trinajstić information content (AvgIpc) is 2.20. The summed E-state index contributed by atoms with van der Waals surface area (Å²) >= 11 is 0. The van der Waals surface area contributed by atoms with Crippen molar-refractivity contribution in [1.82, 2.24) is 15.6 Å². The second kappa shape index (κ2) is 4.39. The number of carbonyl (C=O) groups is 2. The van der Waals surface area contributed by atoms with Crippen molar-refractivity contribution in [3.05, 3.63) is 0 Å². The van der Waals surface area contributed by atoms with E-state index >= 15 is 0 Å². The van der Waals surface area contributed by atoms with E-state index in [0.717, 1.165) is 0 Å². The van der Waals surface area contributed by atoms with Gasteiger partial charge in [0, 0.05) is 13.1 Å². The molecular weight excluding hydrogens is 184 g/mol. The Balaban J connectivity index is 2.66. The first-order valence-electron chi connectivity index (χ1n) is 4.62. The Labute approximate surface area is 82.8 Å². The van der Waals surface area contributed by atoms with E-state index in [2.05, 4.69) is 10.7 Å². The molecule has 0 spiro atoms. The molecule has 0 radical (unpaired) electrons. The van der Waals surface area contributed by atoms with Crippen LogP contribution in [0.4, 0.5) is 0 Å². The van der Waals surface area contributed by atoms with Crippen molar-refractivity contribution in [2.75, 3.05) is 13.1 Å². The summed E-state index contributed by atoms with van der Waals surface area (Å²) in [5, 5.41) is 2.73. The van der Waals surface area contributed by atoms with Crippen molar-refractivity contribution in [2.24, 2.45) is 5.84 Å². The number of carbonyl (C=O) groups excluding carboxylic acids is 2. The summed E-state index contributed by atoms with van der Waals surface area (Å²) in [6.45, 7) is 4.75. The molecule has 14 heavy (non-hydrogen) atoms. The van der Waals surface area contributed by atoms with Crippen molar-refractivity contribution in [3.8, 4) is 0 Å². The number of amides is 2. The summed E-state index contributed by atoms with van der Waals surface area (Å²) < 4.78 is 0. The first kappa shape index (κ1) is 10.9. The molecular formula is C8H16N4O2. The first-order chi connectivity index (χ1) is 6.57. The minimum Gasteiger partial charge on any atom is -0.353 e. The molecule has 0 bridgehead atoms. The molecule has 1 fully saturated rings. The van der Waals surface area contributed by atoms with E-state index in [1.165, 1.54) is 0 Å². The summed E-state index contributed by atoms with van der Waals surface area (Å²) in [4.78, 5) is 24.4. The molecule has 1 aliphatic rings. The van der Waals surface area contributed by atoms with E-state index in [0.29, 0.717) is 13.1 Å². The molecule has 0 aliphatic carbocycles. The topological polar surface area (TPSA) is 87.5 Å². The number of nitrogens with one attached hydrogen (secondary N) is 2. The zero-order valence-corrected chi connectivity index (χ0v) is 8.41. The molecule has 0 aromatic heterocycles. The molecule has 0 saturated carbocycles. The van der Waals surface area contributed by atoms with Crippen LogP contribution in [0.1, 0.15) is 13.8 Å². The fourth-order valence-corrected chi connectivity index (χ4v) is 1.60. The van der Waals surface area contributed by atoms with Gasteiger partial charge in [0.1, 0.15) is 0 Å². The predicted molar refractivity (Wildman–Crippen MR) is 51.0 cm³/mol. The lowest BCUT2D eigenvalue weighted by molar-refractivity contribution is -0.134. The van der Waals surface area contributed by atoms with Gasteiger partial charge in [-0.25, -0.2) is 5.84 Å². The van der Waals surface area contributed by atoms with Crippen molar-refractivity contribution >= 4 is 11.8 Å². The number of piperazine rings is 1. The van der Waals surface area contributed by atoms with Crippen LogP contribution in [0.3, 0.4) is 0 Å². The Hall–Kier alpha value is -1.14. The molecule has 1 rings (SSSR count). The van der Waals surface area contributed by atoms with Crippen molar-refractivity contribution < 1.29 is 9.59 Å². The summed E-state index contributed by atoms with van der Waals surface area (Å²) in [6, 6.07) is -0.655. The molecule has 4 N–H and O–H groups in total. The number of rotatable bonds is 2. The summed E-state index contributed by atoms with van der Waals surface area (Å²) in [5.41, 5.74) is 2.09. The number of hydrogen-bond acceptors (Lipinski definition) is 4. The van der Waals surface area contributed by atoms with Crippen LogP contribution in [0.2, 0.25) is 0 Å². The van der Waals surface area contributed by atoms with Crippen LogP contribution < -0.4 is 16.6 Å². The zero-order valence-electron chi connectivity index (χ0n) is 8.41. The first-order valence-corrected chi connectivity index (χ1v) is 4.62. The molecule has 0 aromatic carbocycles. The Bertz CT molecular complexity index is 243. The lowest BCUT2D eigenvalue weighted by atomic mass is 10.1. The van der Waals surface area contributed by atoms with Crippen molar-refractivity contribution in [1.29, 1.82) is 0 Å². The molecule has 0 aromatic rings. The van der Waals surface area contributed by atoms with Gasteiger partial charge in [-0.3, -0.25) is 19.9 Å². The molecule has 1 heterocycles. The highest BCUT2D eigenvalue weighted by atomic mass is 16.2. The van der Waals surface area contributed by atoms with Crippen LogP contribution in [-0.2, 0) is 9.59 Å². The van der Waals surface area contributed by atoms with Crippen LogP contribution >= 0.6 is 0 Å². The minimum atomic E-state index is -0.374. The highest BCUT2D eigenvalue weighted by molar-refractivity contribution is 5.85. The van der Waals surface area contributed by atoms with E-state index in [1.54, 1.807) is 13.8 Å². The SMILES string of the molecule is CC(C(=O)NN)N1CCNC(=O)C1C. The molecule has 2 unspecified atom stereocenters. The third kappa shape index (κ3) is 2.02. The maximum absolute atomic E-state index is 11.3. The monoisotopic (exact) mass is 200 g/mol. The van der Waals surface area contributed by atoms with Gasteiger partial charge in [0.05, 0.1) is 12.1 Å². The highest BCUT2D eigenvalue weighted by Gasteiger charge is 2.31. The fraction of sp³-hybridized carbons (Fsp3) is 0.750. The van der Waals surface area contributed by atoms with Gasteiger partial charge in [-0.15, -0.1) is 0 Å². The van der Waals surface area contributed by atoms with E-state index < -0.39 is 0 Å².